The number of aryl methyl sites for hydroxylation is 1. The number of aromatic nitrogens is 4. The second kappa shape index (κ2) is 2.13. The molecule has 0 aliphatic rings. The topological polar surface area (TPSA) is 98.0 Å². The summed E-state index contributed by atoms with van der Waals surface area (Å²) in [7, 11) is 0. The van der Waals surface area contributed by atoms with Crippen LogP contribution >= 0.6 is 0 Å². The highest BCUT2D eigenvalue weighted by atomic mass is 15.5. The number of nitrogens with two attached hydrogens (primary N) is 2. The van der Waals surface area contributed by atoms with Crippen molar-refractivity contribution >= 4 is 17.2 Å². The molecule has 0 radical (unpaired) electrons. The van der Waals surface area contributed by atoms with Crippen LogP contribution in [0.2, 0.25) is 0 Å². The maximum atomic E-state index is 5.63. The number of hydrogen-bond acceptors (Lipinski definition) is 4. The molecule has 0 aromatic carbocycles. The van der Waals surface area contributed by atoms with E-state index in [1.165, 1.54) is 4.63 Å². The van der Waals surface area contributed by atoms with Crippen LogP contribution in [0.3, 0.4) is 0 Å². The summed E-state index contributed by atoms with van der Waals surface area (Å²) in [5, 5.41) is 8.01. The first kappa shape index (κ1) is 6.96. The van der Waals surface area contributed by atoms with Crippen molar-refractivity contribution in [2.75, 3.05) is 11.5 Å². The summed E-state index contributed by atoms with van der Waals surface area (Å²) < 4.78 is 1.42. The Labute approximate surface area is 68.5 Å². The zero-order valence-corrected chi connectivity index (χ0v) is 6.70. The van der Waals surface area contributed by atoms with Crippen LogP contribution in [0, 0.1) is 0 Å². The van der Waals surface area contributed by atoms with Crippen LogP contribution in [0.1, 0.15) is 12.7 Å². The summed E-state index contributed by atoms with van der Waals surface area (Å²) in [4.78, 5) is 3.02. The highest BCUT2D eigenvalue weighted by Gasteiger charge is 2.09. The van der Waals surface area contributed by atoms with Gasteiger partial charge in [-0.2, -0.15) is 0 Å². The standard InChI is InChI=1S/C6H10N6/c1-2-3-9-6-4(7)5(8)11-12(6)10-3/h2,7H2,1H3,(H2,8,11)(H,9,10). The number of nitrogen functional groups attached to an aromatic ring is 2. The van der Waals surface area contributed by atoms with Crippen molar-refractivity contribution in [1.29, 1.82) is 0 Å². The molecule has 0 saturated carbocycles. The maximum Gasteiger partial charge on any atom is 0.181 e. The highest BCUT2D eigenvalue weighted by molar-refractivity contribution is 5.75. The van der Waals surface area contributed by atoms with E-state index in [1.54, 1.807) is 0 Å². The Morgan fingerprint density at radius 3 is 2.75 bits per heavy atom. The van der Waals surface area contributed by atoms with Gasteiger partial charge in [0, 0.05) is 6.42 Å². The lowest BCUT2D eigenvalue weighted by Gasteiger charge is -1.85. The van der Waals surface area contributed by atoms with E-state index in [9.17, 15) is 0 Å². The minimum Gasteiger partial charge on any atom is -0.393 e. The monoisotopic (exact) mass is 166 g/mol. The summed E-state index contributed by atoms with van der Waals surface area (Å²) in [6.07, 6.45) is 0.822. The van der Waals surface area contributed by atoms with Gasteiger partial charge in [-0.1, -0.05) is 6.92 Å². The van der Waals surface area contributed by atoms with Gasteiger partial charge in [-0.3, -0.25) is 0 Å². The quantitative estimate of drug-likeness (QED) is 0.545. The average Bonchev–Trinajstić information content (AvgIpc) is 2.55. The van der Waals surface area contributed by atoms with Crippen LogP contribution in [0.4, 0.5) is 11.5 Å². The van der Waals surface area contributed by atoms with Gasteiger partial charge in [-0.25, -0.2) is 0 Å². The Kier molecular flexibility index (Phi) is 1.24. The van der Waals surface area contributed by atoms with Crippen molar-refractivity contribution in [3.8, 4) is 0 Å². The molecule has 2 rings (SSSR count). The fourth-order valence-electron chi connectivity index (χ4n) is 1.06. The predicted molar refractivity (Wildman–Crippen MR) is 45.5 cm³/mol. The summed E-state index contributed by atoms with van der Waals surface area (Å²) in [6, 6.07) is 0. The van der Waals surface area contributed by atoms with Crippen LogP contribution in [0.25, 0.3) is 5.65 Å². The molecule has 6 heteroatoms. The summed E-state index contributed by atoms with van der Waals surface area (Å²) in [6.45, 7) is 2.00. The van der Waals surface area contributed by atoms with Gasteiger partial charge in [0.15, 0.2) is 11.5 Å². The number of aromatic amines is 1. The lowest BCUT2D eigenvalue weighted by atomic mass is 10.5. The van der Waals surface area contributed by atoms with E-state index in [1.807, 2.05) is 6.92 Å². The molecule has 0 saturated heterocycles. The number of rotatable bonds is 1. The molecule has 0 unspecified atom stereocenters. The first-order valence-electron chi connectivity index (χ1n) is 3.71. The van der Waals surface area contributed by atoms with Gasteiger partial charge in [0.1, 0.15) is 11.5 Å². The number of nitrogens with one attached hydrogen (secondary N) is 1. The van der Waals surface area contributed by atoms with E-state index >= 15 is 0 Å². The van der Waals surface area contributed by atoms with Gasteiger partial charge in [0.2, 0.25) is 0 Å². The van der Waals surface area contributed by atoms with E-state index in [2.05, 4.69) is 15.2 Å². The van der Waals surface area contributed by atoms with Gasteiger partial charge in [0.25, 0.3) is 0 Å². The molecule has 6 nitrogen and oxygen atoms in total. The number of nitrogens with zero attached hydrogens (tertiary/aromatic N) is 3. The average molecular weight is 166 g/mol. The Bertz CT molecular complexity index is 411. The Balaban J connectivity index is 2.71. The molecule has 0 spiro atoms. The second-order valence-corrected chi connectivity index (χ2v) is 2.56. The van der Waals surface area contributed by atoms with Crippen LogP contribution in [-0.4, -0.2) is 19.8 Å². The van der Waals surface area contributed by atoms with Crippen LogP contribution < -0.4 is 11.5 Å². The lowest BCUT2D eigenvalue weighted by molar-refractivity contribution is 0.793. The molecule has 0 aliphatic carbocycles. The van der Waals surface area contributed by atoms with Crippen molar-refractivity contribution in [3.63, 3.8) is 0 Å². The normalized spacial score (nSPS) is 11.1. The van der Waals surface area contributed by atoms with Crippen molar-refractivity contribution in [1.82, 2.24) is 19.8 Å². The first-order valence-corrected chi connectivity index (χ1v) is 3.71. The van der Waals surface area contributed by atoms with Crippen molar-refractivity contribution in [3.05, 3.63) is 5.82 Å². The van der Waals surface area contributed by atoms with Gasteiger partial charge < -0.3 is 16.5 Å². The lowest BCUT2D eigenvalue weighted by Crippen LogP contribution is -1.94. The molecule has 0 aliphatic heterocycles. The molecule has 12 heavy (non-hydrogen) atoms. The van der Waals surface area contributed by atoms with E-state index in [0.717, 1.165) is 12.2 Å². The minimum absolute atomic E-state index is 0.316. The molecular formula is C6H10N6. The van der Waals surface area contributed by atoms with Crippen molar-refractivity contribution in [2.45, 2.75) is 13.3 Å². The summed E-state index contributed by atoms with van der Waals surface area (Å²) in [5.74, 6) is 1.17. The maximum absolute atomic E-state index is 5.63. The third-order valence-corrected chi connectivity index (χ3v) is 1.75. The smallest absolute Gasteiger partial charge is 0.181 e. The second-order valence-electron chi connectivity index (χ2n) is 2.56. The fraction of sp³-hybridized carbons (Fsp3) is 0.333. The van der Waals surface area contributed by atoms with Crippen LogP contribution in [0.5, 0.6) is 0 Å². The number of fused-ring (bicyclic) bond motifs is 1. The van der Waals surface area contributed by atoms with E-state index in [-0.39, 0.29) is 0 Å². The van der Waals surface area contributed by atoms with E-state index in [4.69, 9.17) is 11.5 Å². The van der Waals surface area contributed by atoms with Gasteiger partial charge >= 0.3 is 0 Å². The molecule has 2 aromatic rings. The Morgan fingerprint density at radius 1 is 1.42 bits per heavy atom. The third-order valence-electron chi connectivity index (χ3n) is 1.75. The molecular weight excluding hydrogens is 156 g/mol. The number of H-pyrrole nitrogens is 1. The van der Waals surface area contributed by atoms with Gasteiger partial charge in [0.05, 0.1) is 0 Å². The summed E-state index contributed by atoms with van der Waals surface area (Å²) in [5.41, 5.74) is 12.2. The minimum atomic E-state index is 0.316. The highest BCUT2D eigenvalue weighted by Crippen LogP contribution is 2.17. The molecule has 5 N–H and O–H groups in total. The molecule has 0 bridgehead atoms. The first-order chi connectivity index (χ1) is 5.72. The number of hydrogen-bond donors (Lipinski definition) is 3. The van der Waals surface area contributed by atoms with Crippen LogP contribution in [-0.2, 0) is 6.42 Å². The molecule has 0 fully saturated rings. The number of anilines is 2. The van der Waals surface area contributed by atoms with Gasteiger partial charge in [-0.15, -0.1) is 14.8 Å². The summed E-state index contributed by atoms with van der Waals surface area (Å²) >= 11 is 0. The largest absolute Gasteiger partial charge is 0.393 e. The van der Waals surface area contributed by atoms with Crippen molar-refractivity contribution in [2.24, 2.45) is 0 Å². The van der Waals surface area contributed by atoms with Gasteiger partial charge in [-0.05, 0) is 0 Å². The zero-order chi connectivity index (χ0) is 8.72. The Hall–Kier alpha value is -1.72. The fourth-order valence-corrected chi connectivity index (χ4v) is 1.06. The molecule has 0 atom stereocenters. The molecule has 0 amide bonds. The van der Waals surface area contributed by atoms with E-state index in [0.29, 0.717) is 17.2 Å². The molecule has 2 aromatic heterocycles. The Morgan fingerprint density at radius 2 is 2.17 bits per heavy atom. The SMILES string of the molecule is CCc1nn2nc(N)c(N)c2[nH]1. The third kappa shape index (κ3) is 0.744. The molecule has 2 heterocycles. The predicted octanol–water partition coefficient (Wildman–Crippen LogP) is -0.216. The van der Waals surface area contributed by atoms with E-state index < -0.39 is 0 Å². The zero-order valence-electron chi connectivity index (χ0n) is 6.70. The van der Waals surface area contributed by atoms with Crippen molar-refractivity contribution < 1.29 is 0 Å². The molecule has 64 valence electrons. The van der Waals surface area contributed by atoms with Crippen LogP contribution in [0.15, 0.2) is 0 Å².